The molecule has 10 atom stereocenters. The largest absolute Gasteiger partial charge is 0.492 e. The van der Waals surface area contributed by atoms with Crippen LogP contribution in [0, 0.1) is 45.8 Å². The smallest absolute Gasteiger partial charge is 0.345 e. The van der Waals surface area contributed by atoms with Gasteiger partial charge >= 0.3 is 5.97 Å². The number of cyclic esters (lactones) is 1. The molecule has 8 nitrogen and oxygen atoms in total. The summed E-state index contributed by atoms with van der Waals surface area (Å²) in [4.78, 5) is 15.6. The van der Waals surface area contributed by atoms with Crippen molar-refractivity contribution in [3.05, 3.63) is 70.6 Å². The van der Waals surface area contributed by atoms with E-state index in [-0.39, 0.29) is 47.7 Å². The molecule has 4 saturated carbocycles. The monoisotopic (exact) mass is 817 g/mol. The van der Waals surface area contributed by atoms with Crippen molar-refractivity contribution >= 4 is 27.6 Å². The number of nitrogens with zero attached hydrogens (tertiary/aromatic N) is 1. The number of hydrogen-bond donors (Lipinski definition) is 3. The molecule has 0 radical (unpaired) electrons. The maximum Gasteiger partial charge on any atom is 0.345 e. The molecule has 3 spiro atoms. The number of ether oxygens (including phenoxy) is 3. The molecule has 4 aliphatic carbocycles. The SMILES string of the molecule is COC1=C(CO)C(=O)OC1=C1OC2=CCC3CSSCC4CC5(CCCC5)C5(CCCC56CCCC6)C4CC(O)C4CC(Cc5ccccc5)CC(C2C1CO)N34. The van der Waals surface area contributed by atoms with Gasteiger partial charge in [0.25, 0.3) is 0 Å². The zero-order valence-electron chi connectivity index (χ0n) is 33.7. The number of fused-ring (bicyclic) bond motifs is 6. The summed E-state index contributed by atoms with van der Waals surface area (Å²) in [5.74, 6) is 4.02. The summed E-state index contributed by atoms with van der Waals surface area (Å²) in [6, 6.07) is 11.1. The van der Waals surface area contributed by atoms with Crippen LogP contribution in [0.3, 0.4) is 0 Å². The molecule has 3 N–H and O–H groups in total. The van der Waals surface area contributed by atoms with Crippen LogP contribution in [0.2, 0.25) is 0 Å². The third-order valence-corrected chi connectivity index (χ3v) is 20.0. The molecule has 0 bridgehead atoms. The van der Waals surface area contributed by atoms with Crippen LogP contribution in [0.5, 0.6) is 0 Å². The Labute approximate surface area is 347 Å². The first-order valence-corrected chi connectivity index (χ1v) is 24.9. The number of aliphatic hydroxyl groups excluding tert-OH is 3. The first-order chi connectivity index (χ1) is 27.9. The van der Waals surface area contributed by atoms with Gasteiger partial charge in [-0.15, -0.1) is 0 Å². The second-order valence-corrected chi connectivity index (χ2v) is 22.1. The minimum absolute atomic E-state index is 0.00607. The molecule has 5 aliphatic heterocycles. The molecule has 310 valence electrons. The highest BCUT2D eigenvalue weighted by atomic mass is 33.1. The Morgan fingerprint density at radius 3 is 2.33 bits per heavy atom. The van der Waals surface area contributed by atoms with E-state index in [1.165, 1.54) is 95.5 Å². The van der Waals surface area contributed by atoms with Crippen molar-refractivity contribution in [1.29, 1.82) is 0 Å². The standard InChI is InChI=1S/C47H63NO7S2/c1-53-41-34(26-50)44(52)55-43(41)42-33(25-49)40-37-22-30(20-29-10-3-2-4-11-29)21-36-38(51)23-35-31(27-56-57-28-32(48(36)37)12-13-39(40)54-42)24-46(16-7-8-17-46)47(35)19-9-18-45(47)14-5-6-15-45/h2-4,10-11,13,30-33,35-38,40,49-51H,5-9,12,14-28H2,1H3. The normalized spacial score (nSPS) is 41.1. The fourth-order valence-electron chi connectivity index (χ4n) is 15.7. The Morgan fingerprint density at radius 1 is 0.877 bits per heavy atom. The van der Waals surface area contributed by atoms with Gasteiger partial charge in [0.2, 0.25) is 5.76 Å². The van der Waals surface area contributed by atoms with Gasteiger partial charge in [0.15, 0.2) is 11.5 Å². The molecule has 3 saturated heterocycles. The van der Waals surface area contributed by atoms with Gasteiger partial charge in [-0.1, -0.05) is 84.0 Å². The van der Waals surface area contributed by atoms with Crippen LogP contribution >= 0.6 is 21.6 Å². The fourth-order valence-corrected chi connectivity index (χ4v) is 18.4. The lowest BCUT2D eigenvalue weighted by Gasteiger charge is -2.57. The van der Waals surface area contributed by atoms with Gasteiger partial charge in [0.05, 0.1) is 32.3 Å². The van der Waals surface area contributed by atoms with E-state index in [0.29, 0.717) is 39.8 Å². The number of benzene rings is 1. The first kappa shape index (κ1) is 39.2. The molecule has 1 aromatic rings. The highest BCUT2D eigenvalue weighted by molar-refractivity contribution is 8.76. The molecular formula is C47H63NO7S2. The van der Waals surface area contributed by atoms with Crippen molar-refractivity contribution in [2.75, 3.05) is 31.8 Å². The maximum absolute atomic E-state index is 13.3. The highest BCUT2D eigenvalue weighted by Crippen LogP contribution is 2.80. The molecule has 10 heteroatoms. The quantitative estimate of drug-likeness (QED) is 0.198. The number of esters is 1. The Morgan fingerprint density at radius 2 is 1.60 bits per heavy atom. The van der Waals surface area contributed by atoms with Crippen molar-refractivity contribution in [1.82, 2.24) is 4.90 Å². The predicted molar refractivity (Wildman–Crippen MR) is 223 cm³/mol. The summed E-state index contributed by atoms with van der Waals surface area (Å²) < 4.78 is 18.1. The molecule has 5 heterocycles. The van der Waals surface area contributed by atoms with Crippen molar-refractivity contribution in [3.8, 4) is 0 Å². The van der Waals surface area contributed by atoms with Crippen LogP contribution in [0.1, 0.15) is 108 Å². The number of aliphatic hydroxyl groups is 3. The van der Waals surface area contributed by atoms with Crippen molar-refractivity contribution < 1.29 is 34.3 Å². The van der Waals surface area contributed by atoms with E-state index in [9.17, 15) is 20.1 Å². The summed E-state index contributed by atoms with van der Waals surface area (Å²) in [5, 5.41) is 34.6. The number of carbonyl (C=O) groups excluding carboxylic acids is 1. The van der Waals surface area contributed by atoms with E-state index in [1.807, 2.05) is 0 Å². The number of rotatable bonds is 5. The molecular weight excluding hydrogens is 755 g/mol. The van der Waals surface area contributed by atoms with Crippen molar-refractivity contribution in [3.63, 3.8) is 0 Å². The number of hydrogen-bond acceptors (Lipinski definition) is 10. The molecule has 10 unspecified atom stereocenters. The Kier molecular flexibility index (Phi) is 10.7. The molecule has 0 aromatic heterocycles. The number of carbonyl (C=O) groups is 1. The summed E-state index contributed by atoms with van der Waals surface area (Å²) >= 11 is 0. The molecule has 9 aliphatic rings. The van der Waals surface area contributed by atoms with Gasteiger partial charge in [-0.2, -0.15) is 0 Å². The highest BCUT2D eigenvalue weighted by Gasteiger charge is 2.72. The van der Waals surface area contributed by atoms with Crippen LogP contribution in [0.25, 0.3) is 0 Å². The summed E-state index contributed by atoms with van der Waals surface area (Å²) in [5.41, 5.74) is 2.65. The number of piperidine rings is 1. The molecule has 10 rings (SSSR count). The zero-order valence-corrected chi connectivity index (χ0v) is 35.4. The Hall–Kier alpha value is -1.95. The Balaban J connectivity index is 1.06. The molecule has 7 fully saturated rings. The van der Waals surface area contributed by atoms with E-state index in [0.717, 1.165) is 43.6 Å². The lowest BCUT2D eigenvalue weighted by atomic mass is 9.48. The van der Waals surface area contributed by atoms with E-state index in [4.69, 9.17) is 14.2 Å². The van der Waals surface area contributed by atoms with Crippen molar-refractivity contribution in [2.24, 2.45) is 45.8 Å². The third kappa shape index (κ3) is 6.09. The average Bonchev–Trinajstić information content (AvgIpc) is 4.08. The second kappa shape index (κ2) is 15.5. The topological polar surface area (TPSA) is 109 Å². The predicted octanol–water partition coefficient (Wildman–Crippen LogP) is 8.32. The summed E-state index contributed by atoms with van der Waals surface area (Å²) in [6.07, 6.45) is 23.0. The third-order valence-electron chi connectivity index (χ3n) is 17.4. The van der Waals surface area contributed by atoms with Crippen molar-refractivity contribution in [2.45, 2.75) is 133 Å². The molecule has 1 aromatic carbocycles. The van der Waals surface area contributed by atoms with E-state index >= 15 is 0 Å². The van der Waals surface area contributed by atoms with Crippen LogP contribution in [0.4, 0.5) is 0 Å². The lowest BCUT2D eigenvalue weighted by molar-refractivity contribution is -0.134. The van der Waals surface area contributed by atoms with E-state index in [2.05, 4.69) is 62.9 Å². The summed E-state index contributed by atoms with van der Waals surface area (Å²) in [6.45, 7) is -0.689. The Bertz CT molecular complexity index is 1780. The minimum atomic E-state index is -0.646. The van der Waals surface area contributed by atoms with Gasteiger partial charge < -0.3 is 29.5 Å². The van der Waals surface area contributed by atoms with Crippen LogP contribution < -0.4 is 0 Å². The summed E-state index contributed by atoms with van der Waals surface area (Å²) in [7, 11) is 5.64. The number of methoxy groups -OCH3 is 1. The second-order valence-electron chi connectivity index (χ2n) is 19.5. The fraction of sp³-hybridized carbons (Fsp3) is 0.723. The van der Waals surface area contributed by atoms with Gasteiger partial charge in [-0.25, -0.2) is 4.79 Å². The van der Waals surface area contributed by atoms with Gasteiger partial charge in [-0.3, -0.25) is 4.90 Å². The van der Waals surface area contributed by atoms with Crippen LogP contribution in [-0.4, -0.2) is 82.2 Å². The van der Waals surface area contributed by atoms with Gasteiger partial charge in [0, 0.05) is 35.5 Å². The molecule has 0 amide bonds. The first-order valence-electron chi connectivity index (χ1n) is 22.4. The van der Waals surface area contributed by atoms with Gasteiger partial charge in [0.1, 0.15) is 11.3 Å². The van der Waals surface area contributed by atoms with Gasteiger partial charge in [-0.05, 0) is 123 Å². The van der Waals surface area contributed by atoms with Crippen LogP contribution in [0.15, 0.2) is 65.0 Å². The lowest BCUT2D eigenvalue weighted by Crippen LogP contribution is -2.61. The minimum Gasteiger partial charge on any atom is -0.492 e. The van der Waals surface area contributed by atoms with Crippen LogP contribution in [-0.2, 0) is 25.4 Å². The zero-order chi connectivity index (χ0) is 38.9. The van der Waals surface area contributed by atoms with E-state index in [1.54, 1.807) is 0 Å². The molecule has 57 heavy (non-hydrogen) atoms. The maximum atomic E-state index is 13.3. The van der Waals surface area contributed by atoms with E-state index < -0.39 is 24.6 Å². The average molecular weight is 818 g/mol.